The van der Waals surface area contributed by atoms with Crippen molar-refractivity contribution < 1.29 is 23.7 Å². The van der Waals surface area contributed by atoms with Gasteiger partial charge in [-0.1, -0.05) is 12.1 Å². The normalized spacial score (nSPS) is 11.6. The molecule has 0 fully saturated rings. The Labute approximate surface area is 195 Å². The first-order valence-electron chi connectivity index (χ1n) is 10.4. The molecular weight excluding hydrogens is 436 g/mol. The van der Waals surface area contributed by atoms with Gasteiger partial charge in [-0.25, -0.2) is 14.8 Å². The third-order valence-corrected chi connectivity index (χ3v) is 5.01. The zero-order chi connectivity index (χ0) is 23.3. The van der Waals surface area contributed by atoms with Crippen molar-refractivity contribution >= 4 is 23.3 Å². The summed E-state index contributed by atoms with van der Waals surface area (Å²) in [4.78, 5) is 20.9. The zero-order valence-electron chi connectivity index (χ0n) is 18.1. The summed E-state index contributed by atoms with van der Waals surface area (Å²) in [5.41, 5.74) is 2.98. The number of nitrogens with one attached hydrogen (secondary N) is 2. The molecule has 3 aromatic carbocycles. The highest BCUT2D eigenvalue weighted by Crippen LogP contribution is 2.35. The molecule has 4 aromatic rings. The number of para-hydroxylation sites is 1. The summed E-state index contributed by atoms with van der Waals surface area (Å²) < 4.78 is 21.3. The second-order valence-electron chi connectivity index (χ2n) is 7.22. The van der Waals surface area contributed by atoms with Gasteiger partial charge in [-0.2, -0.15) is 0 Å². The van der Waals surface area contributed by atoms with Gasteiger partial charge in [0.25, 0.3) is 0 Å². The van der Waals surface area contributed by atoms with E-state index in [1.54, 1.807) is 37.4 Å². The van der Waals surface area contributed by atoms with Gasteiger partial charge in [0.2, 0.25) is 6.79 Å². The van der Waals surface area contributed by atoms with Crippen LogP contribution in [0.4, 0.5) is 22.0 Å². The molecule has 9 nitrogen and oxygen atoms in total. The van der Waals surface area contributed by atoms with Crippen LogP contribution in [0.15, 0.2) is 79.1 Å². The number of hydrogen-bond acceptors (Lipinski definition) is 8. The molecule has 0 saturated heterocycles. The Morgan fingerprint density at radius 3 is 2.56 bits per heavy atom. The highest BCUT2D eigenvalue weighted by atomic mass is 16.7. The Bertz CT molecular complexity index is 1330. The monoisotopic (exact) mass is 456 g/mol. The highest BCUT2D eigenvalue weighted by Gasteiger charge is 2.15. The molecule has 34 heavy (non-hydrogen) atoms. The molecule has 0 spiro atoms. The molecule has 1 aliphatic rings. The van der Waals surface area contributed by atoms with E-state index in [4.69, 9.17) is 18.9 Å². The Morgan fingerprint density at radius 2 is 1.71 bits per heavy atom. The van der Waals surface area contributed by atoms with Crippen molar-refractivity contribution in [2.24, 2.45) is 0 Å². The molecule has 5 rings (SSSR count). The molecule has 0 bridgehead atoms. The minimum atomic E-state index is -0.614. The number of anilines is 3. The molecule has 1 aromatic heterocycles. The number of amides is 1. The zero-order valence-corrected chi connectivity index (χ0v) is 18.1. The summed E-state index contributed by atoms with van der Waals surface area (Å²) in [6.07, 6.45) is 0.878. The van der Waals surface area contributed by atoms with Crippen molar-refractivity contribution in [2.45, 2.75) is 0 Å². The first-order valence-corrected chi connectivity index (χ1v) is 10.4. The van der Waals surface area contributed by atoms with Gasteiger partial charge in [0.15, 0.2) is 11.5 Å². The van der Waals surface area contributed by atoms with E-state index in [2.05, 4.69) is 20.6 Å². The van der Waals surface area contributed by atoms with Crippen molar-refractivity contribution in [3.05, 3.63) is 79.1 Å². The Morgan fingerprint density at radius 1 is 0.912 bits per heavy atom. The number of methoxy groups -OCH3 is 1. The highest BCUT2D eigenvalue weighted by molar-refractivity contribution is 5.86. The van der Waals surface area contributed by atoms with Crippen LogP contribution in [-0.2, 0) is 0 Å². The SMILES string of the molecule is COc1ccccc1-c1cc(Nc2ccc(NC(=O)Oc3ccc4c(c3)OCO4)cc2)ncn1. The van der Waals surface area contributed by atoms with Crippen LogP contribution in [0.3, 0.4) is 0 Å². The first-order chi connectivity index (χ1) is 16.7. The standard InChI is InChI=1S/C25H20N4O5/c1-31-21-5-3-2-4-19(21)20-13-24(27-14-26-20)28-16-6-8-17(9-7-16)29-25(30)34-18-10-11-22-23(12-18)33-15-32-22/h2-14H,15H2,1H3,(H,29,30)(H,26,27,28). The summed E-state index contributed by atoms with van der Waals surface area (Å²) in [6, 6.07) is 21.6. The number of rotatable bonds is 6. The van der Waals surface area contributed by atoms with Crippen LogP contribution in [0.1, 0.15) is 0 Å². The van der Waals surface area contributed by atoms with Gasteiger partial charge < -0.3 is 24.3 Å². The number of carbonyl (C=O) groups excluding carboxylic acids is 1. The number of nitrogens with zero attached hydrogens (tertiary/aromatic N) is 2. The van der Waals surface area contributed by atoms with Crippen LogP contribution >= 0.6 is 0 Å². The molecule has 2 heterocycles. The minimum Gasteiger partial charge on any atom is -0.496 e. The second kappa shape index (κ2) is 9.37. The largest absolute Gasteiger partial charge is 0.496 e. The van der Waals surface area contributed by atoms with E-state index in [0.717, 1.165) is 22.7 Å². The maximum absolute atomic E-state index is 12.2. The average Bonchev–Trinajstić information content (AvgIpc) is 3.33. The van der Waals surface area contributed by atoms with Crippen LogP contribution in [0.2, 0.25) is 0 Å². The van der Waals surface area contributed by atoms with Crippen LogP contribution in [-0.4, -0.2) is 30.0 Å². The Hall–Kier alpha value is -4.79. The van der Waals surface area contributed by atoms with Gasteiger partial charge in [0.1, 0.15) is 23.6 Å². The average molecular weight is 456 g/mol. The second-order valence-corrected chi connectivity index (χ2v) is 7.22. The Balaban J connectivity index is 1.22. The van der Waals surface area contributed by atoms with Crippen molar-refractivity contribution in [1.29, 1.82) is 0 Å². The number of benzene rings is 3. The summed E-state index contributed by atoms with van der Waals surface area (Å²) in [5, 5.41) is 5.93. The van der Waals surface area contributed by atoms with Crippen LogP contribution in [0, 0.1) is 0 Å². The molecule has 1 amide bonds. The molecular formula is C25H20N4O5. The molecule has 0 saturated carbocycles. The fraction of sp³-hybridized carbons (Fsp3) is 0.0800. The number of ether oxygens (including phenoxy) is 4. The minimum absolute atomic E-state index is 0.155. The molecule has 0 radical (unpaired) electrons. The molecule has 9 heteroatoms. The van der Waals surface area contributed by atoms with Crippen molar-refractivity contribution in [3.63, 3.8) is 0 Å². The maximum Gasteiger partial charge on any atom is 0.417 e. The molecule has 0 unspecified atom stereocenters. The third-order valence-electron chi connectivity index (χ3n) is 5.01. The lowest BCUT2D eigenvalue weighted by Crippen LogP contribution is -2.16. The van der Waals surface area contributed by atoms with Crippen LogP contribution < -0.4 is 29.6 Å². The van der Waals surface area contributed by atoms with Gasteiger partial charge in [-0.3, -0.25) is 5.32 Å². The number of fused-ring (bicyclic) bond motifs is 1. The lowest BCUT2D eigenvalue weighted by atomic mass is 10.1. The number of carbonyl (C=O) groups is 1. The van der Waals surface area contributed by atoms with E-state index >= 15 is 0 Å². The quantitative estimate of drug-likeness (QED) is 0.406. The first kappa shape index (κ1) is 21.1. The van der Waals surface area contributed by atoms with Gasteiger partial charge in [-0.15, -0.1) is 0 Å². The van der Waals surface area contributed by atoms with Crippen molar-refractivity contribution in [2.75, 3.05) is 24.5 Å². The van der Waals surface area contributed by atoms with E-state index in [9.17, 15) is 4.79 Å². The van der Waals surface area contributed by atoms with Crippen molar-refractivity contribution in [3.8, 4) is 34.3 Å². The summed E-state index contributed by atoms with van der Waals surface area (Å²) in [7, 11) is 1.62. The topological polar surface area (TPSA) is 104 Å². The van der Waals surface area contributed by atoms with E-state index in [0.29, 0.717) is 28.8 Å². The molecule has 170 valence electrons. The number of aromatic nitrogens is 2. The van der Waals surface area contributed by atoms with Crippen LogP contribution in [0.5, 0.6) is 23.0 Å². The molecule has 1 aliphatic heterocycles. The van der Waals surface area contributed by atoms with E-state index in [1.165, 1.54) is 6.33 Å². The van der Waals surface area contributed by atoms with Gasteiger partial charge in [0, 0.05) is 29.1 Å². The van der Waals surface area contributed by atoms with E-state index in [1.807, 2.05) is 42.5 Å². The van der Waals surface area contributed by atoms with E-state index in [-0.39, 0.29) is 6.79 Å². The predicted octanol–water partition coefficient (Wildman–Crippen LogP) is 5.24. The smallest absolute Gasteiger partial charge is 0.417 e. The Kier molecular flexibility index (Phi) is 5.81. The molecule has 0 atom stereocenters. The summed E-state index contributed by atoms with van der Waals surface area (Å²) in [5.74, 6) is 2.87. The van der Waals surface area contributed by atoms with Gasteiger partial charge in [0.05, 0.1) is 12.8 Å². The van der Waals surface area contributed by atoms with Gasteiger partial charge >= 0.3 is 6.09 Å². The maximum atomic E-state index is 12.2. The molecule has 2 N–H and O–H groups in total. The predicted molar refractivity (Wildman–Crippen MR) is 126 cm³/mol. The lowest BCUT2D eigenvalue weighted by molar-refractivity contribution is 0.174. The van der Waals surface area contributed by atoms with Crippen LogP contribution in [0.25, 0.3) is 11.3 Å². The van der Waals surface area contributed by atoms with E-state index < -0.39 is 6.09 Å². The third kappa shape index (κ3) is 4.68. The summed E-state index contributed by atoms with van der Waals surface area (Å²) in [6.45, 7) is 0.155. The lowest BCUT2D eigenvalue weighted by Gasteiger charge is -2.11. The molecule has 0 aliphatic carbocycles. The number of hydrogen-bond donors (Lipinski definition) is 2. The van der Waals surface area contributed by atoms with Crippen molar-refractivity contribution in [1.82, 2.24) is 9.97 Å². The van der Waals surface area contributed by atoms with Gasteiger partial charge in [-0.05, 0) is 48.5 Å². The fourth-order valence-electron chi connectivity index (χ4n) is 3.40. The fourth-order valence-corrected chi connectivity index (χ4v) is 3.40. The summed E-state index contributed by atoms with van der Waals surface area (Å²) >= 11 is 0.